The molecule has 4 rings (SSSR count). The second-order valence-electron chi connectivity index (χ2n) is 7.53. The van der Waals surface area contributed by atoms with E-state index >= 15 is 0 Å². The van der Waals surface area contributed by atoms with Crippen LogP contribution in [0.15, 0.2) is 83.3 Å². The Hall–Kier alpha value is -2.63. The molecular formula is C25H24BrNO3. The largest absolute Gasteiger partial charge is 0.489 e. The lowest BCUT2D eigenvalue weighted by Crippen LogP contribution is -2.39. The Bertz CT molecular complexity index is 974. The Labute approximate surface area is 185 Å². The van der Waals surface area contributed by atoms with Crippen LogP contribution in [0.1, 0.15) is 35.6 Å². The lowest BCUT2D eigenvalue weighted by Gasteiger charge is -2.32. The van der Waals surface area contributed by atoms with Crippen LogP contribution in [0.25, 0.3) is 0 Å². The predicted octanol–water partition coefficient (Wildman–Crippen LogP) is 5.67. The summed E-state index contributed by atoms with van der Waals surface area (Å²) in [6, 6.07) is 25.7. The highest BCUT2D eigenvalue weighted by Gasteiger charge is 2.36. The van der Waals surface area contributed by atoms with Crippen LogP contribution >= 0.6 is 15.9 Å². The van der Waals surface area contributed by atoms with Crippen LogP contribution in [0, 0.1) is 0 Å². The van der Waals surface area contributed by atoms with E-state index in [-0.39, 0.29) is 6.04 Å². The number of rotatable bonds is 7. The number of ether oxygens (including phenoxy) is 1. The number of aliphatic carboxylic acids is 1. The zero-order valence-corrected chi connectivity index (χ0v) is 18.2. The van der Waals surface area contributed by atoms with Crippen LogP contribution in [0.2, 0.25) is 0 Å². The Balaban J connectivity index is 1.58. The number of halogens is 1. The summed E-state index contributed by atoms with van der Waals surface area (Å²) in [5.74, 6) is 0.0470. The highest BCUT2D eigenvalue weighted by molar-refractivity contribution is 9.10. The molecule has 1 N–H and O–H groups in total. The minimum atomic E-state index is -0.752. The van der Waals surface area contributed by atoms with Crippen molar-refractivity contribution in [2.75, 3.05) is 6.54 Å². The van der Waals surface area contributed by atoms with Crippen molar-refractivity contribution in [2.24, 2.45) is 0 Å². The number of carbonyl (C=O) groups is 1. The molecule has 1 aliphatic heterocycles. The molecule has 0 amide bonds. The van der Waals surface area contributed by atoms with Crippen LogP contribution in [0.3, 0.4) is 0 Å². The van der Waals surface area contributed by atoms with Gasteiger partial charge in [0.25, 0.3) is 0 Å². The summed E-state index contributed by atoms with van der Waals surface area (Å²) in [5.41, 5.74) is 3.28. The number of likely N-dealkylation sites (tertiary alicyclic amines) is 1. The average molecular weight is 466 g/mol. The van der Waals surface area contributed by atoms with Gasteiger partial charge in [0.2, 0.25) is 0 Å². The standard InChI is InChI=1S/C25H24BrNO3/c26-21-12-8-19(9-13-21)24(27-16-4-7-23(27)25(28)29)20-10-14-22(15-11-20)30-17-18-5-2-1-3-6-18/h1-3,5-6,8-15,23-24H,4,7,16-17H2,(H,28,29). The Kier molecular flexibility index (Phi) is 6.50. The zero-order chi connectivity index (χ0) is 20.9. The fraction of sp³-hybridized carbons (Fsp3) is 0.240. The van der Waals surface area contributed by atoms with Crippen molar-refractivity contribution in [3.8, 4) is 5.75 Å². The minimum Gasteiger partial charge on any atom is -0.489 e. The third-order valence-corrected chi connectivity index (χ3v) is 6.07. The van der Waals surface area contributed by atoms with Crippen molar-refractivity contribution >= 4 is 21.9 Å². The fourth-order valence-corrected chi connectivity index (χ4v) is 4.34. The van der Waals surface area contributed by atoms with E-state index in [1.165, 1.54) is 0 Å². The molecule has 4 nitrogen and oxygen atoms in total. The molecule has 3 aromatic carbocycles. The topological polar surface area (TPSA) is 49.8 Å². The number of hydrogen-bond donors (Lipinski definition) is 1. The molecule has 5 heteroatoms. The van der Waals surface area contributed by atoms with Gasteiger partial charge in [0.15, 0.2) is 0 Å². The number of carboxylic acids is 1. The molecule has 1 heterocycles. The highest BCUT2D eigenvalue weighted by Crippen LogP contribution is 2.36. The molecule has 154 valence electrons. The van der Waals surface area contributed by atoms with Crippen molar-refractivity contribution in [2.45, 2.75) is 31.5 Å². The fourth-order valence-electron chi connectivity index (χ4n) is 4.07. The van der Waals surface area contributed by atoms with Gasteiger partial charge in [0.05, 0.1) is 6.04 Å². The summed E-state index contributed by atoms with van der Waals surface area (Å²) in [7, 11) is 0. The lowest BCUT2D eigenvalue weighted by atomic mass is 9.96. The predicted molar refractivity (Wildman–Crippen MR) is 121 cm³/mol. The van der Waals surface area contributed by atoms with Crippen LogP contribution in [0.4, 0.5) is 0 Å². The van der Waals surface area contributed by atoms with Crippen LogP contribution in [0.5, 0.6) is 5.75 Å². The van der Waals surface area contributed by atoms with Gasteiger partial charge >= 0.3 is 5.97 Å². The normalized spacial score (nSPS) is 17.6. The molecule has 1 saturated heterocycles. The maximum atomic E-state index is 11.8. The smallest absolute Gasteiger partial charge is 0.320 e. The molecule has 0 saturated carbocycles. The van der Waals surface area contributed by atoms with Gasteiger partial charge < -0.3 is 9.84 Å². The minimum absolute atomic E-state index is 0.107. The molecule has 1 aliphatic rings. The monoisotopic (exact) mass is 465 g/mol. The Morgan fingerprint density at radius 1 is 1.00 bits per heavy atom. The first-order chi connectivity index (χ1) is 14.6. The van der Waals surface area contributed by atoms with Crippen molar-refractivity contribution in [1.29, 1.82) is 0 Å². The Morgan fingerprint density at radius 2 is 1.63 bits per heavy atom. The third kappa shape index (κ3) is 4.74. The van der Waals surface area contributed by atoms with Gasteiger partial charge in [-0.15, -0.1) is 0 Å². The number of hydrogen-bond acceptors (Lipinski definition) is 3. The van der Waals surface area contributed by atoms with Crippen LogP contribution < -0.4 is 4.74 Å². The molecule has 0 bridgehead atoms. The average Bonchev–Trinajstić information content (AvgIpc) is 3.25. The summed E-state index contributed by atoms with van der Waals surface area (Å²) >= 11 is 3.49. The van der Waals surface area contributed by atoms with E-state index in [0.717, 1.165) is 39.9 Å². The SMILES string of the molecule is O=C(O)C1CCCN1C(c1ccc(Br)cc1)c1ccc(OCc2ccccc2)cc1. The number of benzene rings is 3. The van der Waals surface area contributed by atoms with Gasteiger partial charge in [-0.3, -0.25) is 9.69 Å². The van der Waals surface area contributed by atoms with Gasteiger partial charge in [0.1, 0.15) is 18.4 Å². The first kappa shape index (κ1) is 20.6. The van der Waals surface area contributed by atoms with E-state index in [9.17, 15) is 9.90 Å². The van der Waals surface area contributed by atoms with Crippen molar-refractivity contribution in [3.05, 3.63) is 100 Å². The lowest BCUT2D eigenvalue weighted by molar-refractivity contribution is -0.142. The molecular weight excluding hydrogens is 442 g/mol. The van der Waals surface area contributed by atoms with E-state index in [0.29, 0.717) is 13.0 Å². The molecule has 3 aromatic rings. The maximum Gasteiger partial charge on any atom is 0.320 e. The van der Waals surface area contributed by atoms with Crippen LogP contribution in [-0.2, 0) is 11.4 Å². The van der Waals surface area contributed by atoms with Crippen LogP contribution in [-0.4, -0.2) is 28.6 Å². The summed E-state index contributed by atoms with van der Waals surface area (Å²) < 4.78 is 6.92. The van der Waals surface area contributed by atoms with E-state index in [1.807, 2.05) is 66.7 Å². The summed E-state index contributed by atoms with van der Waals surface area (Å²) in [5, 5.41) is 9.72. The maximum absolute atomic E-state index is 11.8. The molecule has 2 unspecified atom stereocenters. The van der Waals surface area contributed by atoms with E-state index in [4.69, 9.17) is 4.74 Å². The quantitative estimate of drug-likeness (QED) is 0.488. The molecule has 0 radical (unpaired) electrons. The highest BCUT2D eigenvalue weighted by atomic mass is 79.9. The summed E-state index contributed by atoms with van der Waals surface area (Å²) in [6.45, 7) is 1.29. The molecule has 0 aliphatic carbocycles. The third-order valence-electron chi connectivity index (χ3n) is 5.54. The molecule has 0 spiro atoms. The van der Waals surface area contributed by atoms with E-state index in [2.05, 4.69) is 33.0 Å². The van der Waals surface area contributed by atoms with Crippen molar-refractivity contribution in [3.63, 3.8) is 0 Å². The number of carboxylic acid groups (broad SMARTS) is 1. The van der Waals surface area contributed by atoms with Gasteiger partial charge in [-0.2, -0.15) is 0 Å². The molecule has 2 atom stereocenters. The molecule has 0 aromatic heterocycles. The Morgan fingerprint density at radius 3 is 2.27 bits per heavy atom. The van der Waals surface area contributed by atoms with Crippen molar-refractivity contribution < 1.29 is 14.6 Å². The first-order valence-electron chi connectivity index (χ1n) is 10.1. The van der Waals surface area contributed by atoms with Gasteiger partial charge in [-0.25, -0.2) is 0 Å². The zero-order valence-electron chi connectivity index (χ0n) is 16.6. The second-order valence-corrected chi connectivity index (χ2v) is 8.45. The molecule has 30 heavy (non-hydrogen) atoms. The van der Waals surface area contributed by atoms with Crippen molar-refractivity contribution in [1.82, 2.24) is 4.90 Å². The van der Waals surface area contributed by atoms with Gasteiger partial charge in [-0.05, 0) is 53.8 Å². The van der Waals surface area contributed by atoms with Gasteiger partial charge in [-0.1, -0.05) is 70.5 Å². The number of nitrogens with zero attached hydrogens (tertiary/aromatic N) is 1. The van der Waals surface area contributed by atoms with E-state index < -0.39 is 12.0 Å². The second kappa shape index (κ2) is 9.45. The summed E-state index contributed by atoms with van der Waals surface area (Å²) in [4.78, 5) is 13.9. The molecule has 1 fully saturated rings. The van der Waals surface area contributed by atoms with Gasteiger partial charge in [0, 0.05) is 11.0 Å². The summed E-state index contributed by atoms with van der Waals surface area (Å²) in [6.07, 6.45) is 1.57. The first-order valence-corrected chi connectivity index (χ1v) is 10.9. The van der Waals surface area contributed by atoms with E-state index in [1.54, 1.807) is 0 Å².